The Bertz CT molecular complexity index is 939. The van der Waals surface area contributed by atoms with Gasteiger partial charge in [-0.1, -0.05) is 18.2 Å². The number of hydrogen-bond acceptors (Lipinski definition) is 5. The van der Waals surface area contributed by atoms with E-state index >= 15 is 0 Å². The molecule has 0 saturated carbocycles. The Balaban J connectivity index is 1.61. The topological polar surface area (TPSA) is 102 Å². The first-order valence-electron chi connectivity index (χ1n) is 11.1. The second kappa shape index (κ2) is 10.6. The van der Waals surface area contributed by atoms with Gasteiger partial charge in [0.05, 0.1) is 11.8 Å². The number of likely N-dealkylation sites (tertiary alicyclic amines) is 1. The number of β-amino-alcohol motifs (C(OH)–C–C–N with tert-alkyl or cyclic N) is 1. The smallest absolute Gasteiger partial charge is 0.253 e. The number of aliphatic hydroxyl groups excluding tert-OH is 1. The van der Waals surface area contributed by atoms with E-state index in [0.29, 0.717) is 24.9 Å². The van der Waals surface area contributed by atoms with E-state index in [1.807, 2.05) is 29.2 Å². The SMILES string of the molecule is CC(C)(Cc1cccc(C(=O)N2CCCCC2)c1)NCC(O)c1ccc(O)c(NC=O)c1. The first-order chi connectivity index (χ1) is 15.3. The number of amides is 2. The molecule has 7 heteroatoms. The molecule has 172 valence electrons. The van der Waals surface area contributed by atoms with Gasteiger partial charge in [-0.15, -0.1) is 0 Å². The molecule has 2 aromatic carbocycles. The maximum atomic E-state index is 12.8. The van der Waals surface area contributed by atoms with Crippen LogP contribution >= 0.6 is 0 Å². The van der Waals surface area contributed by atoms with Crippen LogP contribution in [0.2, 0.25) is 0 Å². The van der Waals surface area contributed by atoms with Crippen LogP contribution in [0.1, 0.15) is 60.7 Å². The van der Waals surface area contributed by atoms with Gasteiger partial charge in [-0.25, -0.2) is 0 Å². The average Bonchev–Trinajstić information content (AvgIpc) is 2.79. The summed E-state index contributed by atoms with van der Waals surface area (Å²) in [7, 11) is 0. The van der Waals surface area contributed by atoms with E-state index in [4.69, 9.17) is 0 Å². The Morgan fingerprint density at radius 2 is 1.91 bits per heavy atom. The van der Waals surface area contributed by atoms with Crippen molar-refractivity contribution >= 4 is 18.0 Å². The number of carbonyl (C=O) groups excluding carboxylic acids is 2. The Kier molecular flexibility index (Phi) is 7.88. The molecule has 1 fully saturated rings. The number of phenolic OH excluding ortho intramolecular Hbond substituents is 1. The van der Waals surface area contributed by atoms with E-state index in [1.54, 1.807) is 12.1 Å². The number of anilines is 1. The minimum absolute atomic E-state index is 0.0553. The summed E-state index contributed by atoms with van der Waals surface area (Å²) in [5.41, 5.74) is 2.30. The van der Waals surface area contributed by atoms with Crippen LogP contribution in [0.25, 0.3) is 0 Å². The lowest BCUT2D eigenvalue weighted by Gasteiger charge is -2.29. The first-order valence-corrected chi connectivity index (χ1v) is 11.1. The van der Waals surface area contributed by atoms with Gasteiger partial charge >= 0.3 is 0 Å². The zero-order chi connectivity index (χ0) is 23.1. The van der Waals surface area contributed by atoms with Crippen LogP contribution in [0.4, 0.5) is 5.69 Å². The molecule has 0 radical (unpaired) electrons. The second-order valence-electron chi connectivity index (χ2n) is 9.05. The van der Waals surface area contributed by atoms with Crippen molar-refractivity contribution in [1.82, 2.24) is 10.2 Å². The van der Waals surface area contributed by atoms with Gasteiger partial charge in [-0.05, 0) is 74.9 Å². The fourth-order valence-electron chi connectivity index (χ4n) is 4.10. The molecular formula is C25H33N3O4. The molecule has 2 aromatic rings. The highest BCUT2D eigenvalue weighted by Gasteiger charge is 2.22. The van der Waals surface area contributed by atoms with Crippen molar-refractivity contribution in [2.75, 3.05) is 25.0 Å². The highest BCUT2D eigenvalue weighted by molar-refractivity contribution is 5.94. The lowest BCUT2D eigenvalue weighted by atomic mass is 9.93. The minimum atomic E-state index is -0.811. The lowest BCUT2D eigenvalue weighted by Crippen LogP contribution is -2.43. The maximum Gasteiger partial charge on any atom is 0.253 e. The highest BCUT2D eigenvalue weighted by atomic mass is 16.3. The quantitative estimate of drug-likeness (QED) is 0.355. The van der Waals surface area contributed by atoms with E-state index < -0.39 is 6.10 Å². The second-order valence-corrected chi connectivity index (χ2v) is 9.05. The number of benzene rings is 2. The predicted molar refractivity (Wildman–Crippen MR) is 125 cm³/mol. The summed E-state index contributed by atoms with van der Waals surface area (Å²) in [6.07, 6.45) is 3.69. The molecule has 0 aliphatic carbocycles. The van der Waals surface area contributed by atoms with Gasteiger partial charge in [0.1, 0.15) is 5.75 Å². The summed E-state index contributed by atoms with van der Waals surface area (Å²) in [6, 6.07) is 12.4. The summed E-state index contributed by atoms with van der Waals surface area (Å²) in [4.78, 5) is 25.4. The van der Waals surface area contributed by atoms with Crippen molar-refractivity contribution in [3.05, 3.63) is 59.2 Å². The molecule has 1 aliphatic heterocycles. The van der Waals surface area contributed by atoms with E-state index in [9.17, 15) is 19.8 Å². The molecule has 1 heterocycles. The number of hydrogen-bond donors (Lipinski definition) is 4. The summed E-state index contributed by atoms with van der Waals surface area (Å²) in [5.74, 6) is 0.0418. The number of nitrogens with one attached hydrogen (secondary N) is 2. The standard InChI is InChI=1S/C25H33N3O4/c1-25(2,27-16-23(31)19-9-10-22(30)21(14-19)26-17-29)15-18-7-6-8-20(13-18)24(32)28-11-4-3-5-12-28/h6-10,13-14,17,23,27,30-31H,3-5,11-12,15-16H2,1-2H3,(H,26,29). The molecule has 1 unspecified atom stereocenters. The van der Waals surface area contributed by atoms with Crippen molar-refractivity contribution < 1.29 is 19.8 Å². The zero-order valence-corrected chi connectivity index (χ0v) is 18.8. The Morgan fingerprint density at radius 3 is 2.62 bits per heavy atom. The van der Waals surface area contributed by atoms with Gasteiger partial charge in [0.25, 0.3) is 5.91 Å². The molecule has 0 bridgehead atoms. The minimum Gasteiger partial charge on any atom is -0.506 e. The Morgan fingerprint density at radius 1 is 1.16 bits per heavy atom. The predicted octanol–water partition coefficient (Wildman–Crippen LogP) is 3.23. The molecule has 1 atom stereocenters. The number of nitrogens with zero attached hydrogens (tertiary/aromatic N) is 1. The number of aromatic hydroxyl groups is 1. The normalized spacial score (nSPS) is 15.3. The van der Waals surface area contributed by atoms with E-state index in [0.717, 1.165) is 37.1 Å². The summed E-state index contributed by atoms with van der Waals surface area (Å²) >= 11 is 0. The summed E-state index contributed by atoms with van der Waals surface area (Å²) in [6.45, 7) is 6.06. The van der Waals surface area contributed by atoms with Crippen molar-refractivity contribution in [1.29, 1.82) is 0 Å². The van der Waals surface area contributed by atoms with E-state index in [1.165, 1.54) is 12.5 Å². The molecule has 7 nitrogen and oxygen atoms in total. The van der Waals surface area contributed by atoms with Crippen LogP contribution in [0.5, 0.6) is 5.75 Å². The third-order valence-electron chi connectivity index (χ3n) is 5.86. The first kappa shape index (κ1) is 23.8. The van der Waals surface area contributed by atoms with Crippen molar-refractivity contribution in [3.63, 3.8) is 0 Å². The molecule has 1 aliphatic rings. The number of phenols is 1. The maximum absolute atomic E-state index is 12.8. The molecule has 0 spiro atoms. The Labute approximate surface area is 189 Å². The van der Waals surface area contributed by atoms with Gasteiger partial charge in [-0.3, -0.25) is 9.59 Å². The fraction of sp³-hybridized carbons (Fsp3) is 0.440. The van der Waals surface area contributed by atoms with Gasteiger partial charge in [-0.2, -0.15) is 0 Å². The molecule has 0 aromatic heterocycles. The molecule has 4 N–H and O–H groups in total. The highest BCUT2D eigenvalue weighted by Crippen LogP contribution is 2.27. The van der Waals surface area contributed by atoms with Gasteiger partial charge in [0.15, 0.2) is 0 Å². The molecule has 32 heavy (non-hydrogen) atoms. The average molecular weight is 440 g/mol. The van der Waals surface area contributed by atoms with Gasteiger partial charge in [0.2, 0.25) is 6.41 Å². The van der Waals surface area contributed by atoms with Crippen LogP contribution in [0.15, 0.2) is 42.5 Å². The number of rotatable bonds is 9. The largest absolute Gasteiger partial charge is 0.506 e. The summed E-state index contributed by atoms with van der Waals surface area (Å²) in [5, 5.41) is 26.2. The molecular weight excluding hydrogens is 406 g/mol. The van der Waals surface area contributed by atoms with Crippen LogP contribution in [-0.2, 0) is 11.2 Å². The van der Waals surface area contributed by atoms with Crippen LogP contribution in [0, 0.1) is 0 Å². The summed E-state index contributed by atoms with van der Waals surface area (Å²) < 4.78 is 0. The molecule has 3 rings (SSSR count). The molecule has 2 amide bonds. The third-order valence-corrected chi connectivity index (χ3v) is 5.86. The monoisotopic (exact) mass is 439 g/mol. The zero-order valence-electron chi connectivity index (χ0n) is 18.8. The van der Waals surface area contributed by atoms with Gasteiger partial charge < -0.3 is 25.7 Å². The van der Waals surface area contributed by atoms with E-state index in [2.05, 4.69) is 24.5 Å². The van der Waals surface area contributed by atoms with Gasteiger partial charge in [0, 0.05) is 30.7 Å². The fourth-order valence-corrected chi connectivity index (χ4v) is 4.10. The lowest BCUT2D eigenvalue weighted by molar-refractivity contribution is -0.105. The third kappa shape index (κ3) is 6.31. The number of carbonyl (C=O) groups is 2. The van der Waals surface area contributed by atoms with Crippen LogP contribution in [-0.4, -0.2) is 52.6 Å². The number of piperidine rings is 1. The van der Waals surface area contributed by atoms with E-state index in [-0.39, 0.29) is 22.9 Å². The van der Waals surface area contributed by atoms with Crippen LogP contribution in [0.3, 0.4) is 0 Å². The van der Waals surface area contributed by atoms with Crippen molar-refractivity contribution in [2.24, 2.45) is 0 Å². The van der Waals surface area contributed by atoms with Crippen molar-refractivity contribution in [3.8, 4) is 5.75 Å². The van der Waals surface area contributed by atoms with Crippen LogP contribution < -0.4 is 10.6 Å². The Hall–Kier alpha value is -2.90. The molecule has 1 saturated heterocycles. The number of aliphatic hydroxyl groups is 1. The van der Waals surface area contributed by atoms with Crippen molar-refractivity contribution in [2.45, 2.75) is 51.2 Å².